The van der Waals surface area contributed by atoms with Gasteiger partial charge in [-0.1, -0.05) is 41.9 Å². The maximum absolute atomic E-state index is 12.5. The number of hydrogen-bond acceptors (Lipinski definition) is 2. The molecule has 0 saturated heterocycles. The number of hydrogen-bond donors (Lipinski definition) is 0. The molecule has 1 aromatic rings. The van der Waals surface area contributed by atoms with Gasteiger partial charge < -0.3 is 0 Å². The molecular formula is C13H20BrNO2S. The third-order valence-electron chi connectivity index (χ3n) is 3.08. The second kappa shape index (κ2) is 6.68. The molecule has 1 atom stereocenters. The van der Waals surface area contributed by atoms with Gasteiger partial charge in [-0.15, -0.1) is 0 Å². The summed E-state index contributed by atoms with van der Waals surface area (Å²) in [5.41, 5.74) is 1.07. The second-order valence-corrected chi connectivity index (χ2v) is 6.69. The van der Waals surface area contributed by atoms with Crippen molar-refractivity contribution in [2.24, 2.45) is 0 Å². The molecule has 1 rings (SSSR count). The normalized spacial score (nSPS) is 13.8. The second-order valence-electron chi connectivity index (χ2n) is 4.24. The van der Waals surface area contributed by atoms with Gasteiger partial charge in [-0.05, 0) is 31.0 Å². The van der Waals surface area contributed by atoms with Crippen LogP contribution in [0.5, 0.6) is 0 Å². The third-order valence-corrected chi connectivity index (χ3v) is 5.83. The highest BCUT2D eigenvalue weighted by Crippen LogP contribution is 2.20. The molecular weight excluding hydrogens is 314 g/mol. The molecule has 18 heavy (non-hydrogen) atoms. The standard InChI is InChI=1S/C13H20BrNO2S/c1-4-11(3)15(5-2)18(16,17)13-8-6-12(10-14)7-9-13/h6-9,11H,4-5,10H2,1-3H3. The molecule has 0 saturated carbocycles. The van der Waals surface area contributed by atoms with Crippen LogP contribution in [0.4, 0.5) is 0 Å². The molecule has 0 aliphatic rings. The van der Waals surface area contributed by atoms with Crippen molar-refractivity contribution in [3.05, 3.63) is 29.8 Å². The highest BCUT2D eigenvalue weighted by Gasteiger charge is 2.26. The summed E-state index contributed by atoms with van der Waals surface area (Å²) in [6, 6.07) is 7.06. The van der Waals surface area contributed by atoms with Crippen LogP contribution in [0.25, 0.3) is 0 Å². The van der Waals surface area contributed by atoms with E-state index in [4.69, 9.17) is 0 Å². The van der Waals surface area contributed by atoms with Crippen molar-refractivity contribution in [3.8, 4) is 0 Å². The highest BCUT2D eigenvalue weighted by molar-refractivity contribution is 9.08. The number of nitrogens with zero attached hydrogens (tertiary/aromatic N) is 1. The summed E-state index contributed by atoms with van der Waals surface area (Å²) in [5, 5.41) is 0.732. The van der Waals surface area contributed by atoms with Gasteiger partial charge in [0.15, 0.2) is 0 Å². The first-order valence-electron chi connectivity index (χ1n) is 6.14. The van der Waals surface area contributed by atoms with E-state index in [0.717, 1.165) is 17.3 Å². The van der Waals surface area contributed by atoms with Crippen molar-refractivity contribution >= 4 is 26.0 Å². The van der Waals surface area contributed by atoms with Gasteiger partial charge in [-0.25, -0.2) is 8.42 Å². The third kappa shape index (κ3) is 3.33. The zero-order chi connectivity index (χ0) is 13.8. The number of alkyl halides is 1. The Bertz CT molecular complexity index is 470. The molecule has 1 aromatic carbocycles. The van der Waals surface area contributed by atoms with Gasteiger partial charge in [-0.2, -0.15) is 4.31 Å². The van der Waals surface area contributed by atoms with Gasteiger partial charge in [-0.3, -0.25) is 0 Å². The lowest BCUT2D eigenvalue weighted by Crippen LogP contribution is -2.38. The summed E-state index contributed by atoms with van der Waals surface area (Å²) in [4.78, 5) is 0.370. The molecule has 0 fully saturated rings. The van der Waals surface area contributed by atoms with Crippen LogP contribution in [0.1, 0.15) is 32.8 Å². The molecule has 0 radical (unpaired) electrons. The van der Waals surface area contributed by atoms with Crippen LogP contribution in [0, 0.1) is 0 Å². The number of benzene rings is 1. The van der Waals surface area contributed by atoms with Crippen molar-refractivity contribution in [3.63, 3.8) is 0 Å². The molecule has 1 unspecified atom stereocenters. The van der Waals surface area contributed by atoms with E-state index in [2.05, 4.69) is 15.9 Å². The van der Waals surface area contributed by atoms with E-state index < -0.39 is 10.0 Å². The minimum absolute atomic E-state index is 0.0239. The largest absolute Gasteiger partial charge is 0.243 e. The molecule has 0 N–H and O–H groups in total. The van der Waals surface area contributed by atoms with E-state index in [1.54, 1.807) is 16.4 Å². The van der Waals surface area contributed by atoms with Crippen molar-refractivity contribution in [2.75, 3.05) is 6.54 Å². The van der Waals surface area contributed by atoms with Gasteiger partial charge >= 0.3 is 0 Å². The first kappa shape index (κ1) is 15.7. The highest BCUT2D eigenvalue weighted by atomic mass is 79.9. The molecule has 0 aliphatic heterocycles. The van der Waals surface area contributed by atoms with Gasteiger partial charge in [0, 0.05) is 17.9 Å². The van der Waals surface area contributed by atoms with Crippen molar-refractivity contribution in [1.29, 1.82) is 0 Å². The predicted molar refractivity (Wildman–Crippen MR) is 78.4 cm³/mol. The molecule has 102 valence electrons. The van der Waals surface area contributed by atoms with Gasteiger partial charge in [0.1, 0.15) is 0 Å². The summed E-state index contributed by atoms with van der Waals surface area (Å²) in [6.45, 7) is 6.30. The van der Waals surface area contributed by atoms with E-state index in [1.165, 1.54) is 0 Å². The fourth-order valence-corrected chi connectivity index (χ4v) is 3.90. The fraction of sp³-hybridized carbons (Fsp3) is 0.538. The fourth-order valence-electron chi connectivity index (χ4n) is 1.81. The number of rotatable bonds is 6. The summed E-state index contributed by atoms with van der Waals surface area (Å²) < 4.78 is 26.5. The van der Waals surface area contributed by atoms with Crippen LogP contribution >= 0.6 is 15.9 Å². The summed E-state index contributed by atoms with van der Waals surface area (Å²) in [5.74, 6) is 0. The molecule has 5 heteroatoms. The van der Waals surface area contributed by atoms with Crippen LogP contribution in [0.15, 0.2) is 29.2 Å². The monoisotopic (exact) mass is 333 g/mol. The van der Waals surface area contributed by atoms with Crippen LogP contribution in [0.2, 0.25) is 0 Å². The van der Waals surface area contributed by atoms with Crippen LogP contribution in [0.3, 0.4) is 0 Å². The van der Waals surface area contributed by atoms with Crippen molar-refractivity contribution < 1.29 is 8.42 Å². The van der Waals surface area contributed by atoms with Crippen LogP contribution in [-0.4, -0.2) is 25.3 Å². The molecule has 0 aliphatic carbocycles. The van der Waals surface area contributed by atoms with E-state index in [1.807, 2.05) is 32.9 Å². The Kier molecular flexibility index (Phi) is 5.82. The first-order valence-corrected chi connectivity index (χ1v) is 8.70. The number of sulfonamides is 1. The van der Waals surface area contributed by atoms with E-state index in [-0.39, 0.29) is 6.04 Å². The predicted octanol–water partition coefficient (Wildman–Crippen LogP) is 3.39. The summed E-state index contributed by atoms with van der Waals surface area (Å²) in [6.07, 6.45) is 0.812. The van der Waals surface area contributed by atoms with Crippen molar-refractivity contribution in [2.45, 2.75) is 43.5 Å². The Morgan fingerprint density at radius 1 is 1.22 bits per heavy atom. The zero-order valence-corrected chi connectivity index (χ0v) is 13.5. The Labute approximate surface area is 118 Å². The lowest BCUT2D eigenvalue weighted by atomic mass is 10.2. The smallest absolute Gasteiger partial charge is 0.207 e. The summed E-state index contributed by atoms with van der Waals surface area (Å²) in [7, 11) is -3.37. The number of halogens is 1. The molecule has 0 aromatic heterocycles. The van der Waals surface area contributed by atoms with E-state index >= 15 is 0 Å². The minimum Gasteiger partial charge on any atom is -0.207 e. The Morgan fingerprint density at radius 3 is 2.17 bits per heavy atom. The average Bonchev–Trinajstić information content (AvgIpc) is 2.39. The van der Waals surface area contributed by atoms with Crippen LogP contribution < -0.4 is 0 Å². The maximum Gasteiger partial charge on any atom is 0.243 e. The van der Waals surface area contributed by atoms with E-state index in [9.17, 15) is 8.42 Å². The molecule has 0 amide bonds. The van der Waals surface area contributed by atoms with Crippen LogP contribution in [-0.2, 0) is 15.4 Å². The lowest BCUT2D eigenvalue weighted by Gasteiger charge is -2.26. The Morgan fingerprint density at radius 2 is 1.78 bits per heavy atom. The first-order chi connectivity index (χ1) is 8.47. The summed E-state index contributed by atoms with van der Waals surface area (Å²) >= 11 is 3.35. The van der Waals surface area contributed by atoms with E-state index in [0.29, 0.717) is 11.4 Å². The average molecular weight is 334 g/mol. The topological polar surface area (TPSA) is 37.4 Å². The maximum atomic E-state index is 12.5. The molecule has 0 spiro atoms. The molecule has 0 bridgehead atoms. The Balaban J connectivity index is 3.10. The SMILES string of the molecule is CCC(C)N(CC)S(=O)(=O)c1ccc(CBr)cc1. The van der Waals surface area contributed by atoms with Crippen molar-refractivity contribution in [1.82, 2.24) is 4.31 Å². The molecule has 3 nitrogen and oxygen atoms in total. The zero-order valence-electron chi connectivity index (χ0n) is 11.1. The van der Waals surface area contributed by atoms with Gasteiger partial charge in [0.05, 0.1) is 4.90 Å². The molecule has 0 heterocycles. The van der Waals surface area contributed by atoms with Gasteiger partial charge in [0.2, 0.25) is 10.0 Å². The Hall–Kier alpha value is -0.390. The minimum atomic E-state index is -3.37. The quantitative estimate of drug-likeness (QED) is 0.748. The lowest BCUT2D eigenvalue weighted by molar-refractivity contribution is 0.342. The van der Waals surface area contributed by atoms with Gasteiger partial charge in [0.25, 0.3) is 0 Å².